The van der Waals surface area contributed by atoms with Crippen molar-refractivity contribution in [3.63, 3.8) is 0 Å². The number of hydrogen-bond donors (Lipinski definition) is 1. The van der Waals surface area contributed by atoms with Gasteiger partial charge in [-0.2, -0.15) is 0 Å². The molecule has 2 aromatic heterocycles. The average molecular weight is 449 g/mol. The fraction of sp³-hybridized carbons (Fsp3) is 0.292. The molecule has 4 rings (SSSR count). The van der Waals surface area contributed by atoms with Gasteiger partial charge in [0.1, 0.15) is 18.2 Å². The van der Waals surface area contributed by atoms with Crippen molar-refractivity contribution in [1.29, 1.82) is 0 Å². The second kappa shape index (κ2) is 10.5. The summed E-state index contributed by atoms with van der Waals surface area (Å²) in [6.45, 7) is 12.5. The van der Waals surface area contributed by atoms with Crippen LogP contribution in [0.5, 0.6) is 5.75 Å². The van der Waals surface area contributed by atoms with Crippen molar-refractivity contribution in [3.8, 4) is 17.0 Å². The Kier molecular flexibility index (Phi) is 7.24. The molecule has 3 heterocycles. The SMILES string of the molecule is C=CCN1Sc2cnc(Nc3ccc(OCCN(CC)CC)cc3)nc2-c2cccnc21. The van der Waals surface area contributed by atoms with E-state index in [9.17, 15) is 0 Å². The fourth-order valence-corrected chi connectivity index (χ4v) is 4.46. The lowest BCUT2D eigenvalue weighted by Crippen LogP contribution is -2.27. The van der Waals surface area contributed by atoms with E-state index in [-0.39, 0.29) is 0 Å². The number of ether oxygens (including phenoxy) is 1. The summed E-state index contributed by atoms with van der Waals surface area (Å²) in [6, 6.07) is 11.9. The van der Waals surface area contributed by atoms with Crippen molar-refractivity contribution < 1.29 is 4.74 Å². The third kappa shape index (κ3) is 5.03. The highest BCUT2D eigenvalue weighted by molar-refractivity contribution is 8.00. The maximum absolute atomic E-state index is 5.87. The van der Waals surface area contributed by atoms with Crippen LogP contribution in [0.15, 0.2) is 66.3 Å². The smallest absolute Gasteiger partial charge is 0.227 e. The van der Waals surface area contributed by atoms with E-state index in [1.807, 2.05) is 48.7 Å². The summed E-state index contributed by atoms with van der Waals surface area (Å²) in [7, 11) is 0. The van der Waals surface area contributed by atoms with E-state index in [0.717, 1.165) is 53.0 Å². The van der Waals surface area contributed by atoms with Gasteiger partial charge in [0.05, 0.1) is 10.6 Å². The quantitative estimate of drug-likeness (QED) is 0.343. The van der Waals surface area contributed by atoms with Crippen molar-refractivity contribution in [3.05, 3.63) is 61.4 Å². The van der Waals surface area contributed by atoms with Crippen LogP contribution in [0.3, 0.4) is 0 Å². The van der Waals surface area contributed by atoms with Crippen LogP contribution in [-0.2, 0) is 0 Å². The lowest BCUT2D eigenvalue weighted by molar-refractivity contribution is 0.223. The first-order chi connectivity index (χ1) is 15.7. The highest BCUT2D eigenvalue weighted by Gasteiger charge is 2.25. The third-order valence-corrected chi connectivity index (χ3v) is 6.26. The summed E-state index contributed by atoms with van der Waals surface area (Å²) in [6.07, 6.45) is 5.52. The molecule has 1 aliphatic heterocycles. The van der Waals surface area contributed by atoms with Crippen LogP contribution in [0, 0.1) is 0 Å². The van der Waals surface area contributed by atoms with Crippen molar-refractivity contribution in [1.82, 2.24) is 19.9 Å². The molecule has 0 aliphatic carbocycles. The lowest BCUT2D eigenvalue weighted by Gasteiger charge is -2.28. The van der Waals surface area contributed by atoms with Crippen LogP contribution in [0.1, 0.15) is 13.8 Å². The first-order valence-electron chi connectivity index (χ1n) is 10.8. The van der Waals surface area contributed by atoms with Gasteiger partial charge in [-0.15, -0.1) is 6.58 Å². The average Bonchev–Trinajstić information content (AvgIpc) is 2.83. The number of aromatic nitrogens is 3. The zero-order valence-electron chi connectivity index (χ0n) is 18.5. The minimum Gasteiger partial charge on any atom is -0.492 e. The Balaban J connectivity index is 1.45. The first-order valence-corrected chi connectivity index (χ1v) is 11.6. The minimum absolute atomic E-state index is 0.548. The molecule has 166 valence electrons. The monoisotopic (exact) mass is 448 g/mol. The number of fused-ring (bicyclic) bond motifs is 3. The van der Waals surface area contributed by atoms with Gasteiger partial charge in [0.2, 0.25) is 5.95 Å². The zero-order chi connectivity index (χ0) is 22.3. The highest BCUT2D eigenvalue weighted by atomic mass is 32.2. The Bertz CT molecular complexity index is 1050. The van der Waals surface area contributed by atoms with E-state index in [4.69, 9.17) is 9.72 Å². The van der Waals surface area contributed by atoms with Crippen LogP contribution in [0.2, 0.25) is 0 Å². The Labute approximate surface area is 193 Å². The largest absolute Gasteiger partial charge is 0.492 e. The maximum Gasteiger partial charge on any atom is 0.227 e. The molecule has 0 saturated heterocycles. The molecular formula is C24H28N6OS. The molecule has 7 nitrogen and oxygen atoms in total. The lowest BCUT2D eigenvalue weighted by atomic mass is 10.1. The molecule has 32 heavy (non-hydrogen) atoms. The number of rotatable bonds is 10. The fourth-order valence-electron chi connectivity index (χ4n) is 3.47. The van der Waals surface area contributed by atoms with Gasteiger partial charge in [-0.25, -0.2) is 15.0 Å². The van der Waals surface area contributed by atoms with Gasteiger partial charge in [-0.3, -0.25) is 4.31 Å². The van der Waals surface area contributed by atoms with Crippen LogP contribution in [0.4, 0.5) is 17.5 Å². The number of likely N-dealkylation sites (N-methyl/N-ethyl adjacent to an activating group) is 1. The predicted octanol–water partition coefficient (Wildman–Crippen LogP) is 5.02. The molecule has 1 aliphatic rings. The zero-order valence-corrected chi connectivity index (χ0v) is 19.3. The van der Waals surface area contributed by atoms with Crippen molar-refractivity contribution in [2.45, 2.75) is 18.7 Å². The van der Waals surface area contributed by atoms with Crippen LogP contribution in [0.25, 0.3) is 11.3 Å². The second-order valence-electron chi connectivity index (χ2n) is 7.25. The molecule has 0 spiro atoms. The van der Waals surface area contributed by atoms with Gasteiger partial charge in [-0.1, -0.05) is 19.9 Å². The molecule has 0 amide bonds. The summed E-state index contributed by atoms with van der Waals surface area (Å²) < 4.78 is 7.96. The van der Waals surface area contributed by atoms with Gasteiger partial charge in [0, 0.05) is 36.7 Å². The maximum atomic E-state index is 5.87. The summed E-state index contributed by atoms with van der Waals surface area (Å²) in [4.78, 5) is 17.2. The van der Waals surface area contributed by atoms with Crippen LogP contribution < -0.4 is 14.4 Å². The van der Waals surface area contributed by atoms with E-state index >= 15 is 0 Å². The molecule has 8 heteroatoms. The molecular weight excluding hydrogens is 420 g/mol. The highest BCUT2D eigenvalue weighted by Crippen LogP contribution is 2.44. The molecule has 0 atom stereocenters. The molecule has 1 aromatic carbocycles. The Morgan fingerprint density at radius 3 is 2.72 bits per heavy atom. The van der Waals surface area contributed by atoms with Gasteiger partial charge >= 0.3 is 0 Å². The van der Waals surface area contributed by atoms with Gasteiger partial charge in [0.15, 0.2) is 0 Å². The molecule has 0 bridgehead atoms. The molecule has 0 fully saturated rings. The molecule has 1 N–H and O–H groups in total. The number of hydrogen-bond acceptors (Lipinski definition) is 8. The number of pyridine rings is 1. The second-order valence-corrected chi connectivity index (χ2v) is 8.31. The topological polar surface area (TPSA) is 66.4 Å². The Morgan fingerprint density at radius 2 is 1.97 bits per heavy atom. The summed E-state index contributed by atoms with van der Waals surface area (Å²) >= 11 is 1.58. The van der Waals surface area contributed by atoms with Crippen LogP contribution >= 0.6 is 11.9 Å². The Hall–Kier alpha value is -3.10. The first kappa shape index (κ1) is 22.1. The molecule has 0 radical (unpaired) electrons. The standard InChI is InChI=1S/C24H28N6OS/c1-4-14-30-23-20(8-7-13-25-23)22-21(32-30)17-26-24(28-22)27-18-9-11-19(12-10-18)31-16-15-29(5-2)6-3/h4,7-13,17H,1,5-6,14-16H2,2-3H3,(H,26,27,28). The molecule has 3 aromatic rings. The third-order valence-electron chi connectivity index (χ3n) is 5.22. The number of anilines is 3. The summed E-state index contributed by atoms with van der Waals surface area (Å²) in [5.74, 6) is 2.29. The summed E-state index contributed by atoms with van der Waals surface area (Å²) in [5, 5.41) is 3.30. The summed E-state index contributed by atoms with van der Waals surface area (Å²) in [5.41, 5.74) is 2.78. The van der Waals surface area contributed by atoms with E-state index in [0.29, 0.717) is 19.1 Å². The van der Waals surface area contributed by atoms with Crippen LogP contribution in [-0.4, -0.2) is 52.6 Å². The molecule has 0 saturated carbocycles. The van der Waals surface area contributed by atoms with Crippen molar-refractivity contribution >= 4 is 29.4 Å². The van der Waals surface area contributed by atoms with Crippen molar-refractivity contribution in [2.75, 3.05) is 42.4 Å². The number of nitrogens with zero attached hydrogens (tertiary/aromatic N) is 5. The number of benzene rings is 1. The van der Waals surface area contributed by atoms with Crippen molar-refractivity contribution in [2.24, 2.45) is 0 Å². The predicted molar refractivity (Wildman–Crippen MR) is 132 cm³/mol. The minimum atomic E-state index is 0.548. The van der Waals surface area contributed by atoms with Gasteiger partial charge in [-0.05, 0) is 61.4 Å². The van der Waals surface area contributed by atoms with E-state index < -0.39 is 0 Å². The van der Waals surface area contributed by atoms with Gasteiger partial charge in [0.25, 0.3) is 0 Å². The van der Waals surface area contributed by atoms with E-state index in [2.05, 4.69) is 44.9 Å². The normalized spacial score (nSPS) is 12.3. The Morgan fingerprint density at radius 1 is 1.16 bits per heavy atom. The number of nitrogens with one attached hydrogen (secondary N) is 1. The molecule has 0 unspecified atom stereocenters. The van der Waals surface area contributed by atoms with Gasteiger partial charge < -0.3 is 15.0 Å². The van der Waals surface area contributed by atoms with E-state index in [1.165, 1.54) is 0 Å². The van der Waals surface area contributed by atoms with E-state index in [1.54, 1.807) is 18.1 Å².